The lowest BCUT2D eigenvalue weighted by Crippen LogP contribution is -2.06. The highest BCUT2D eigenvalue weighted by molar-refractivity contribution is 5.88. The highest BCUT2D eigenvalue weighted by atomic mass is 19.1. The Morgan fingerprint density at radius 1 is 1.18 bits per heavy atom. The van der Waals surface area contributed by atoms with Gasteiger partial charge in [-0.05, 0) is 17.7 Å². The van der Waals surface area contributed by atoms with Gasteiger partial charge in [0.15, 0.2) is 0 Å². The van der Waals surface area contributed by atoms with Crippen LogP contribution in [0.1, 0.15) is 15.9 Å². The lowest BCUT2D eigenvalue weighted by atomic mass is 10.2. The first-order chi connectivity index (χ1) is 8.25. The van der Waals surface area contributed by atoms with E-state index in [1.807, 2.05) is 0 Å². The van der Waals surface area contributed by atoms with Gasteiger partial charge in [-0.25, -0.2) is 19.2 Å². The standard InChI is InChI=1S/C12H9FN2O2/c13-11-3-1-9(2-4-11)7-17-12(16)10-5-14-8-15-6-10/h1-6,8H,7H2. The fourth-order valence-electron chi connectivity index (χ4n) is 1.22. The van der Waals surface area contributed by atoms with E-state index in [0.29, 0.717) is 0 Å². The highest BCUT2D eigenvalue weighted by Crippen LogP contribution is 2.06. The third-order valence-electron chi connectivity index (χ3n) is 2.08. The first kappa shape index (κ1) is 11.2. The average molecular weight is 232 g/mol. The minimum atomic E-state index is -0.505. The molecule has 0 aliphatic carbocycles. The smallest absolute Gasteiger partial charge is 0.341 e. The molecule has 2 rings (SSSR count). The lowest BCUT2D eigenvalue weighted by molar-refractivity contribution is 0.0471. The van der Waals surface area contributed by atoms with E-state index in [1.54, 1.807) is 12.1 Å². The van der Waals surface area contributed by atoms with E-state index in [9.17, 15) is 9.18 Å². The Labute approximate surface area is 97.1 Å². The van der Waals surface area contributed by atoms with E-state index in [0.717, 1.165) is 5.56 Å². The molecule has 0 saturated carbocycles. The van der Waals surface area contributed by atoms with Crippen molar-refractivity contribution in [1.82, 2.24) is 9.97 Å². The average Bonchev–Trinajstić information content (AvgIpc) is 2.39. The summed E-state index contributed by atoms with van der Waals surface area (Å²) in [7, 11) is 0. The van der Waals surface area contributed by atoms with Gasteiger partial charge < -0.3 is 4.74 Å². The minimum absolute atomic E-state index is 0.0913. The summed E-state index contributed by atoms with van der Waals surface area (Å²) in [5, 5.41) is 0. The van der Waals surface area contributed by atoms with Gasteiger partial charge >= 0.3 is 5.97 Å². The van der Waals surface area contributed by atoms with Gasteiger partial charge in [-0.3, -0.25) is 0 Å². The Hall–Kier alpha value is -2.30. The zero-order valence-electron chi connectivity index (χ0n) is 8.84. The topological polar surface area (TPSA) is 52.1 Å². The molecule has 1 aromatic heterocycles. The van der Waals surface area contributed by atoms with E-state index in [2.05, 4.69) is 9.97 Å². The van der Waals surface area contributed by atoms with Crippen LogP contribution < -0.4 is 0 Å². The number of hydrogen-bond acceptors (Lipinski definition) is 4. The maximum absolute atomic E-state index is 12.6. The van der Waals surface area contributed by atoms with Crippen molar-refractivity contribution >= 4 is 5.97 Å². The van der Waals surface area contributed by atoms with Crippen molar-refractivity contribution in [3.8, 4) is 0 Å². The van der Waals surface area contributed by atoms with Crippen molar-refractivity contribution in [3.05, 3.63) is 59.9 Å². The third kappa shape index (κ3) is 3.07. The van der Waals surface area contributed by atoms with Crippen LogP contribution in [0.2, 0.25) is 0 Å². The summed E-state index contributed by atoms with van der Waals surface area (Å²) in [6.45, 7) is 0.0913. The molecule has 4 nitrogen and oxygen atoms in total. The van der Waals surface area contributed by atoms with E-state index >= 15 is 0 Å². The molecule has 0 fully saturated rings. The number of hydrogen-bond donors (Lipinski definition) is 0. The molecular formula is C12H9FN2O2. The van der Waals surface area contributed by atoms with E-state index < -0.39 is 5.97 Å². The first-order valence-electron chi connectivity index (χ1n) is 4.92. The second-order valence-electron chi connectivity index (χ2n) is 3.33. The molecule has 0 amide bonds. The molecule has 0 saturated heterocycles. The van der Waals surface area contributed by atoms with Crippen LogP contribution in [0.15, 0.2) is 43.0 Å². The summed E-state index contributed by atoms with van der Waals surface area (Å²) < 4.78 is 17.6. The highest BCUT2D eigenvalue weighted by Gasteiger charge is 2.07. The molecule has 0 bridgehead atoms. The van der Waals surface area contributed by atoms with Crippen molar-refractivity contribution < 1.29 is 13.9 Å². The Morgan fingerprint density at radius 3 is 2.47 bits per heavy atom. The summed E-state index contributed by atoms with van der Waals surface area (Å²) in [5.74, 6) is -0.827. The monoisotopic (exact) mass is 232 g/mol. The molecule has 0 aliphatic rings. The number of carbonyl (C=O) groups excluding carboxylic acids is 1. The maximum atomic E-state index is 12.6. The molecule has 5 heteroatoms. The summed E-state index contributed by atoms with van der Waals surface area (Å²) in [4.78, 5) is 18.9. The summed E-state index contributed by atoms with van der Waals surface area (Å²) in [6.07, 6.45) is 4.08. The van der Waals surface area contributed by atoms with Crippen molar-refractivity contribution in [2.24, 2.45) is 0 Å². The number of rotatable bonds is 3. The van der Waals surface area contributed by atoms with Crippen molar-refractivity contribution in [1.29, 1.82) is 0 Å². The number of halogens is 1. The Bertz CT molecular complexity index is 500. The molecule has 0 radical (unpaired) electrons. The first-order valence-corrected chi connectivity index (χ1v) is 4.92. The Morgan fingerprint density at radius 2 is 1.82 bits per heavy atom. The number of ether oxygens (including phenoxy) is 1. The molecule has 0 N–H and O–H groups in total. The van der Waals surface area contributed by atoms with Gasteiger partial charge in [-0.15, -0.1) is 0 Å². The molecule has 1 heterocycles. The van der Waals surface area contributed by atoms with Gasteiger partial charge in [0.05, 0.1) is 5.56 Å². The SMILES string of the molecule is O=C(OCc1ccc(F)cc1)c1cncnc1. The van der Waals surface area contributed by atoms with Crippen LogP contribution in [0.3, 0.4) is 0 Å². The van der Waals surface area contributed by atoms with E-state index in [4.69, 9.17) is 4.74 Å². The largest absolute Gasteiger partial charge is 0.457 e. The number of esters is 1. The fraction of sp³-hybridized carbons (Fsp3) is 0.0833. The Balaban J connectivity index is 1.95. The number of carbonyl (C=O) groups is 1. The summed E-state index contributed by atoms with van der Waals surface area (Å²) in [6, 6.07) is 5.75. The lowest BCUT2D eigenvalue weighted by Gasteiger charge is -2.04. The molecular weight excluding hydrogens is 223 g/mol. The van der Waals surface area contributed by atoms with Crippen LogP contribution in [0, 0.1) is 5.82 Å². The molecule has 2 aromatic rings. The van der Waals surface area contributed by atoms with Crippen LogP contribution in [0.25, 0.3) is 0 Å². The van der Waals surface area contributed by atoms with Crippen molar-refractivity contribution in [3.63, 3.8) is 0 Å². The van der Waals surface area contributed by atoms with Crippen LogP contribution >= 0.6 is 0 Å². The van der Waals surface area contributed by atoms with Crippen LogP contribution in [-0.4, -0.2) is 15.9 Å². The molecule has 0 spiro atoms. The molecule has 0 atom stereocenters. The predicted molar refractivity (Wildman–Crippen MR) is 57.6 cm³/mol. The predicted octanol–water partition coefficient (Wildman–Crippen LogP) is 1.97. The van der Waals surface area contributed by atoms with Crippen LogP contribution in [0.4, 0.5) is 4.39 Å². The number of aromatic nitrogens is 2. The van der Waals surface area contributed by atoms with Gasteiger partial charge in [0, 0.05) is 12.4 Å². The van der Waals surface area contributed by atoms with E-state index in [1.165, 1.54) is 30.9 Å². The van der Waals surface area contributed by atoms with E-state index in [-0.39, 0.29) is 18.0 Å². The zero-order chi connectivity index (χ0) is 12.1. The van der Waals surface area contributed by atoms with Gasteiger partial charge in [0.25, 0.3) is 0 Å². The third-order valence-corrected chi connectivity index (χ3v) is 2.08. The van der Waals surface area contributed by atoms with Gasteiger partial charge in [0.1, 0.15) is 18.8 Å². The maximum Gasteiger partial charge on any atom is 0.341 e. The Kier molecular flexibility index (Phi) is 3.40. The van der Waals surface area contributed by atoms with Gasteiger partial charge in [-0.2, -0.15) is 0 Å². The zero-order valence-corrected chi connectivity index (χ0v) is 8.84. The molecule has 0 aliphatic heterocycles. The van der Waals surface area contributed by atoms with Gasteiger partial charge in [0.2, 0.25) is 0 Å². The van der Waals surface area contributed by atoms with Crippen molar-refractivity contribution in [2.75, 3.05) is 0 Å². The van der Waals surface area contributed by atoms with Crippen molar-refractivity contribution in [2.45, 2.75) is 6.61 Å². The number of nitrogens with zero attached hydrogens (tertiary/aromatic N) is 2. The molecule has 86 valence electrons. The molecule has 0 unspecified atom stereocenters. The minimum Gasteiger partial charge on any atom is -0.457 e. The quantitative estimate of drug-likeness (QED) is 0.759. The second kappa shape index (κ2) is 5.16. The summed E-state index contributed by atoms with van der Waals surface area (Å²) >= 11 is 0. The second-order valence-corrected chi connectivity index (χ2v) is 3.33. The van der Waals surface area contributed by atoms with Crippen LogP contribution in [0.5, 0.6) is 0 Å². The van der Waals surface area contributed by atoms with Crippen LogP contribution in [-0.2, 0) is 11.3 Å². The fourth-order valence-corrected chi connectivity index (χ4v) is 1.22. The molecule has 17 heavy (non-hydrogen) atoms. The molecule has 1 aromatic carbocycles. The van der Waals surface area contributed by atoms with Gasteiger partial charge in [-0.1, -0.05) is 12.1 Å². The number of benzene rings is 1. The summed E-state index contributed by atoms with van der Waals surface area (Å²) in [5.41, 5.74) is 1.01. The normalized spacial score (nSPS) is 9.94.